The van der Waals surface area contributed by atoms with Gasteiger partial charge in [-0.1, -0.05) is 40.5 Å². The van der Waals surface area contributed by atoms with E-state index in [1.54, 1.807) is 0 Å². The highest BCUT2D eigenvalue weighted by atomic mass is 15.1. The van der Waals surface area contributed by atoms with E-state index in [1.165, 1.54) is 38.9 Å². The zero-order chi connectivity index (χ0) is 11.2. The predicted octanol–water partition coefficient (Wildman–Crippen LogP) is 2.74. The van der Waals surface area contributed by atoms with Crippen LogP contribution in [0.5, 0.6) is 0 Å². The van der Waals surface area contributed by atoms with E-state index in [2.05, 4.69) is 24.1 Å². The highest BCUT2D eigenvalue weighted by Gasteiger charge is 1.99. The average molecular weight is 202 g/mol. The molecule has 0 saturated heterocycles. The summed E-state index contributed by atoms with van der Waals surface area (Å²) in [6, 6.07) is 0. The second-order valence-corrected chi connectivity index (χ2v) is 3.24. The molecule has 0 radical (unpaired) electrons. The van der Waals surface area contributed by atoms with Crippen LogP contribution in [-0.2, 0) is 0 Å². The van der Waals surface area contributed by atoms with Crippen LogP contribution < -0.4 is 5.32 Å². The summed E-state index contributed by atoms with van der Waals surface area (Å²) >= 11 is 0. The number of rotatable bonds is 8. The molecule has 88 valence electrons. The molecule has 0 aliphatic carbocycles. The number of hydrogen-bond acceptors (Lipinski definition) is 2. The average Bonchev–Trinajstić information content (AvgIpc) is 2.26. The van der Waals surface area contributed by atoms with Crippen molar-refractivity contribution in [3.63, 3.8) is 0 Å². The number of unbranched alkanes of at least 4 members (excludes halogenated alkanes) is 2. The number of hydrogen-bond donors (Lipinski definition) is 1. The fourth-order valence-corrected chi connectivity index (χ4v) is 1.28. The van der Waals surface area contributed by atoms with Crippen LogP contribution in [0.3, 0.4) is 0 Å². The Morgan fingerprint density at radius 2 is 1.64 bits per heavy atom. The predicted molar refractivity (Wildman–Crippen MR) is 66.9 cm³/mol. The van der Waals surface area contributed by atoms with E-state index in [-0.39, 0.29) is 0 Å². The highest BCUT2D eigenvalue weighted by Crippen LogP contribution is 1.97. The van der Waals surface area contributed by atoms with Gasteiger partial charge < -0.3 is 10.2 Å². The Bertz CT molecular complexity index is 84.4. The van der Waals surface area contributed by atoms with Gasteiger partial charge >= 0.3 is 0 Å². The Morgan fingerprint density at radius 1 is 1.00 bits per heavy atom. The summed E-state index contributed by atoms with van der Waals surface area (Å²) in [5.41, 5.74) is 0. The second kappa shape index (κ2) is 15.4. The molecule has 0 aromatic carbocycles. The molecule has 0 rings (SSSR count). The zero-order valence-electron chi connectivity index (χ0n) is 10.9. The fourth-order valence-electron chi connectivity index (χ4n) is 1.28. The summed E-state index contributed by atoms with van der Waals surface area (Å²) in [4.78, 5) is 2.51. The maximum Gasteiger partial charge on any atom is 0.0107 e. The molecule has 1 N–H and O–H groups in total. The van der Waals surface area contributed by atoms with Gasteiger partial charge in [0.25, 0.3) is 0 Å². The van der Waals surface area contributed by atoms with Crippen molar-refractivity contribution in [2.75, 3.05) is 33.2 Å². The van der Waals surface area contributed by atoms with Crippen molar-refractivity contribution < 1.29 is 0 Å². The van der Waals surface area contributed by atoms with Crippen molar-refractivity contribution in [3.05, 3.63) is 0 Å². The van der Waals surface area contributed by atoms with Gasteiger partial charge in [-0.05, 0) is 26.6 Å². The molecule has 0 aliphatic heterocycles. The zero-order valence-corrected chi connectivity index (χ0v) is 10.9. The quantitative estimate of drug-likeness (QED) is 0.609. The van der Waals surface area contributed by atoms with Crippen molar-refractivity contribution in [3.8, 4) is 0 Å². The molecule has 0 unspecified atom stereocenters. The third-order valence-corrected chi connectivity index (χ3v) is 2.20. The van der Waals surface area contributed by atoms with Crippen LogP contribution in [0, 0.1) is 0 Å². The van der Waals surface area contributed by atoms with Crippen molar-refractivity contribution in [2.45, 2.75) is 47.0 Å². The minimum absolute atomic E-state index is 1.11. The molecule has 0 aliphatic rings. The molecule has 0 saturated carbocycles. The van der Waals surface area contributed by atoms with E-state index in [9.17, 15) is 0 Å². The standard InChI is InChI=1S/C10H24N2.C2H6/c1-4-6-7-9-12(5-2)10-8-11-3;1-2/h11H,4-10H2,1-3H3;1-2H3. The van der Waals surface area contributed by atoms with E-state index in [4.69, 9.17) is 0 Å². The summed E-state index contributed by atoms with van der Waals surface area (Å²) in [6.07, 6.45) is 4.05. The van der Waals surface area contributed by atoms with E-state index in [1.807, 2.05) is 20.9 Å². The van der Waals surface area contributed by atoms with Crippen LogP contribution in [-0.4, -0.2) is 38.1 Å². The van der Waals surface area contributed by atoms with Gasteiger partial charge in [-0.3, -0.25) is 0 Å². The Balaban J connectivity index is 0. The van der Waals surface area contributed by atoms with Crippen LogP contribution in [0.2, 0.25) is 0 Å². The molecule has 0 spiro atoms. The van der Waals surface area contributed by atoms with E-state index >= 15 is 0 Å². The smallest absolute Gasteiger partial charge is 0.0107 e. The summed E-state index contributed by atoms with van der Waals surface area (Å²) in [5, 5.41) is 3.18. The van der Waals surface area contributed by atoms with Gasteiger partial charge in [-0.2, -0.15) is 0 Å². The molecule has 0 fully saturated rings. The lowest BCUT2D eigenvalue weighted by atomic mass is 10.2. The third-order valence-electron chi connectivity index (χ3n) is 2.20. The molecule has 14 heavy (non-hydrogen) atoms. The summed E-state index contributed by atoms with van der Waals surface area (Å²) in [5.74, 6) is 0. The first-order valence-corrected chi connectivity index (χ1v) is 6.22. The van der Waals surface area contributed by atoms with Crippen molar-refractivity contribution in [2.24, 2.45) is 0 Å². The van der Waals surface area contributed by atoms with Gasteiger partial charge in [-0.25, -0.2) is 0 Å². The largest absolute Gasteiger partial charge is 0.318 e. The first-order chi connectivity index (χ1) is 6.85. The minimum Gasteiger partial charge on any atom is -0.318 e. The van der Waals surface area contributed by atoms with Crippen LogP contribution in [0.4, 0.5) is 0 Å². The first kappa shape index (κ1) is 16.4. The molecular formula is C12H30N2. The van der Waals surface area contributed by atoms with Crippen LogP contribution in [0.1, 0.15) is 47.0 Å². The summed E-state index contributed by atoms with van der Waals surface area (Å²) < 4.78 is 0. The number of nitrogens with zero attached hydrogens (tertiary/aromatic N) is 1. The molecule has 0 amide bonds. The lowest BCUT2D eigenvalue weighted by Gasteiger charge is -2.19. The maximum atomic E-state index is 3.18. The Hall–Kier alpha value is -0.0800. The summed E-state index contributed by atoms with van der Waals surface area (Å²) in [6.45, 7) is 13.2. The fraction of sp³-hybridized carbons (Fsp3) is 1.00. The summed E-state index contributed by atoms with van der Waals surface area (Å²) in [7, 11) is 2.01. The van der Waals surface area contributed by atoms with E-state index in [0.29, 0.717) is 0 Å². The highest BCUT2D eigenvalue weighted by molar-refractivity contribution is 4.56. The molecule has 2 nitrogen and oxygen atoms in total. The molecule has 0 heterocycles. The Kier molecular flexibility index (Phi) is 18.0. The second-order valence-electron chi connectivity index (χ2n) is 3.24. The van der Waals surface area contributed by atoms with Gasteiger partial charge in [0.2, 0.25) is 0 Å². The molecule has 0 bridgehead atoms. The topological polar surface area (TPSA) is 15.3 Å². The molecule has 2 heteroatoms. The van der Waals surface area contributed by atoms with Gasteiger partial charge in [0.05, 0.1) is 0 Å². The van der Waals surface area contributed by atoms with Gasteiger partial charge in [0.15, 0.2) is 0 Å². The lowest BCUT2D eigenvalue weighted by Crippen LogP contribution is -2.31. The minimum atomic E-state index is 1.11. The van der Waals surface area contributed by atoms with E-state index in [0.717, 1.165) is 6.54 Å². The van der Waals surface area contributed by atoms with Gasteiger partial charge in [0, 0.05) is 13.1 Å². The van der Waals surface area contributed by atoms with Crippen LogP contribution >= 0.6 is 0 Å². The van der Waals surface area contributed by atoms with Crippen molar-refractivity contribution in [1.82, 2.24) is 10.2 Å². The molecule has 0 aromatic rings. The van der Waals surface area contributed by atoms with Crippen molar-refractivity contribution >= 4 is 0 Å². The SMILES string of the molecule is CC.CCCCCN(CC)CCNC. The number of nitrogens with one attached hydrogen (secondary N) is 1. The maximum absolute atomic E-state index is 3.18. The normalized spacial score (nSPS) is 9.86. The van der Waals surface area contributed by atoms with Gasteiger partial charge in [0.1, 0.15) is 0 Å². The van der Waals surface area contributed by atoms with Crippen LogP contribution in [0.25, 0.3) is 0 Å². The Labute approximate surface area is 91.1 Å². The Morgan fingerprint density at radius 3 is 2.07 bits per heavy atom. The lowest BCUT2D eigenvalue weighted by molar-refractivity contribution is 0.283. The number of likely N-dealkylation sites (N-methyl/N-ethyl adjacent to an activating group) is 2. The van der Waals surface area contributed by atoms with E-state index < -0.39 is 0 Å². The first-order valence-electron chi connectivity index (χ1n) is 6.22. The van der Waals surface area contributed by atoms with Gasteiger partial charge in [-0.15, -0.1) is 0 Å². The molecular weight excluding hydrogens is 172 g/mol. The molecule has 0 atom stereocenters. The molecule has 0 aromatic heterocycles. The monoisotopic (exact) mass is 202 g/mol. The van der Waals surface area contributed by atoms with Crippen LogP contribution in [0.15, 0.2) is 0 Å². The third kappa shape index (κ3) is 11.9. The van der Waals surface area contributed by atoms with Crippen molar-refractivity contribution in [1.29, 1.82) is 0 Å².